The Balaban J connectivity index is 1.75. The summed E-state index contributed by atoms with van der Waals surface area (Å²) in [7, 11) is 1.55. The molecule has 0 aliphatic carbocycles. The van der Waals surface area contributed by atoms with Crippen LogP contribution in [0.15, 0.2) is 41.2 Å². The van der Waals surface area contributed by atoms with Crippen molar-refractivity contribution in [2.75, 3.05) is 25.2 Å². The minimum atomic E-state index is -0.387. The van der Waals surface area contributed by atoms with Crippen molar-refractivity contribution in [3.8, 4) is 11.5 Å². The SMILES string of the molecule is COc1cc2c3c(c1)c(Cl)c(C(=O)N1CCc4ccccc41)c(=O)n3CCO2. The van der Waals surface area contributed by atoms with Gasteiger partial charge in [-0.1, -0.05) is 29.8 Å². The lowest BCUT2D eigenvalue weighted by Gasteiger charge is -2.24. The summed E-state index contributed by atoms with van der Waals surface area (Å²) in [6.45, 7) is 1.23. The number of amides is 1. The number of hydrogen-bond acceptors (Lipinski definition) is 4. The molecule has 2 aromatic carbocycles. The molecule has 3 aromatic rings. The zero-order valence-corrected chi connectivity index (χ0v) is 16.0. The second-order valence-electron chi connectivity index (χ2n) is 6.85. The molecule has 0 unspecified atom stereocenters. The third-order valence-electron chi connectivity index (χ3n) is 5.39. The van der Waals surface area contributed by atoms with E-state index in [1.54, 1.807) is 28.7 Å². The van der Waals surface area contributed by atoms with E-state index in [0.717, 1.165) is 17.7 Å². The van der Waals surface area contributed by atoms with Crippen LogP contribution < -0.4 is 19.9 Å². The van der Waals surface area contributed by atoms with Crippen molar-refractivity contribution in [1.82, 2.24) is 4.57 Å². The Morgan fingerprint density at radius 1 is 1.21 bits per heavy atom. The van der Waals surface area contributed by atoms with E-state index in [2.05, 4.69) is 0 Å². The predicted molar refractivity (Wildman–Crippen MR) is 107 cm³/mol. The highest BCUT2D eigenvalue weighted by Crippen LogP contribution is 2.38. The van der Waals surface area contributed by atoms with Gasteiger partial charge in [0.2, 0.25) is 0 Å². The van der Waals surface area contributed by atoms with Crippen LogP contribution in [0.2, 0.25) is 5.02 Å². The lowest BCUT2D eigenvalue weighted by atomic mass is 10.1. The minimum absolute atomic E-state index is 0.00743. The molecule has 2 aliphatic rings. The van der Waals surface area contributed by atoms with Gasteiger partial charge in [0.1, 0.15) is 23.7 Å². The lowest BCUT2D eigenvalue weighted by molar-refractivity contribution is 0.0987. The number of hydrogen-bond donors (Lipinski definition) is 0. The first-order valence-electron chi connectivity index (χ1n) is 9.06. The van der Waals surface area contributed by atoms with Crippen LogP contribution in [0.1, 0.15) is 15.9 Å². The first-order chi connectivity index (χ1) is 13.6. The van der Waals surface area contributed by atoms with Gasteiger partial charge in [-0.25, -0.2) is 0 Å². The Labute approximate surface area is 165 Å². The maximum atomic E-state index is 13.4. The summed E-state index contributed by atoms with van der Waals surface area (Å²) in [5, 5.41) is 0.711. The normalized spacial score (nSPS) is 14.7. The summed E-state index contributed by atoms with van der Waals surface area (Å²) in [6.07, 6.45) is 0.757. The number of ether oxygens (including phenoxy) is 2. The highest BCUT2D eigenvalue weighted by molar-refractivity contribution is 6.39. The van der Waals surface area contributed by atoms with Crippen LogP contribution >= 0.6 is 11.6 Å². The molecule has 0 saturated carbocycles. The Kier molecular flexibility index (Phi) is 3.84. The van der Waals surface area contributed by atoms with E-state index in [-0.39, 0.29) is 22.1 Å². The van der Waals surface area contributed by atoms with Crippen molar-refractivity contribution >= 4 is 34.1 Å². The third kappa shape index (κ3) is 2.34. The van der Waals surface area contributed by atoms with Crippen molar-refractivity contribution in [2.24, 2.45) is 0 Å². The average molecular weight is 397 g/mol. The molecule has 0 spiro atoms. The minimum Gasteiger partial charge on any atom is -0.497 e. The molecule has 0 fully saturated rings. The maximum Gasteiger partial charge on any atom is 0.265 e. The average Bonchev–Trinajstić information content (AvgIpc) is 3.15. The fraction of sp³-hybridized carbons (Fsp3) is 0.238. The fourth-order valence-corrected chi connectivity index (χ4v) is 4.36. The maximum absolute atomic E-state index is 13.4. The summed E-state index contributed by atoms with van der Waals surface area (Å²) >= 11 is 6.63. The van der Waals surface area contributed by atoms with Gasteiger partial charge in [-0.3, -0.25) is 9.59 Å². The van der Waals surface area contributed by atoms with Crippen LogP contribution in [0.4, 0.5) is 5.69 Å². The summed E-state index contributed by atoms with van der Waals surface area (Å²) in [5.41, 5.74) is 2.12. The number of anilines is 1. The third-order valence-corrected chi connectivity index (χ3v) is 5.78. The number of pyridine rings is 1. The van der Waals surface area contributed by atoms with Gasteiger partial charge in [0.25, 0.3) is 11.5 Å². The van der Waals surface area contributed by atoms with Gasteiger partial charge in [-0.15, -0.1) is 0 Å². The molecule has 1 aromatic heterocycles. The molecule has 142 valence electrons. The number of para-hydroxylation sites is 1. The summed E-state index contributed by atoms with van der Waals surface area (Å²) in [5.74, 6) is 0.716. The van der Waals surface area contributed by atoms with Gasteiger partial charge < -0.3 is 18.9 Å². The van der Waals surface area contributed by atoms with Crippen LogP contribution in [0.25, 0.3) is 10.9 Å². The second-order valence-corrected chi connectivity index (χ2v) is 7.23. The molecule has 28 heavy (non-hydrogen) atoms. The van der Waals surface area contributed by atoms with Crippen molar-refractivity contribution in [3.05, 3.63) is 62.9 Å². The molecular formula is C21H17ClN2O4. The Morgan fingerprint density at radius 2 is 2.04 bits per heavy atom. The van der Waals surface area contributed by atoms with Gasteiger partial charge in [0.05, 0.1) is 24.2 Å². The van der Waals surface area contributed by atoms with Crippen LogP contribution in [-0.2, 0) is 13.0 Å². The highest BCUT2D eigenvalue weighted by atomic mass is 35.5. The number of benzene rings is 2. The molecule has 1 amide bonds. The van der Waals surface area contributed by atoms with Gasteiger partial charge in [0, 0.05) is 23.7 Å². The van der Waals surface area contributed by atoms with E-state index >= 15 is 0 Å². The number of methoxy groups -OCH3 is 1. The van der Waals surface area contributed by atoms with Gasteiger partial charge in [0.15, 0.2) is 0 Å². The van der Waals surface area contributed by atoms with E-state index in [1.165, 1.54) is 0 Å². The van der Waals surface area contributed by atoms with Crippen molar-refractivity contribution in [1.29, 1.82) is 0 Å². The molecule has 6 nitrogen and oxygen atoms in total. The molecule has 0 N–H and O–H groups in total. The van der Waals surface area contributed by atoms with Crippen LogP contribution in [-0.4, -0.2) is 30.7 Å². The van der Waals surface area contributed by atoms with Gasteiger partial charge in [-0.05, 0) is 24.1 Å². The van der Waals surface area contributed by atoms with Crippen molar-refractivity contribution in [3.63, 3.8) is 0 Å². The van der Waals surface area contributed by atoms with E-state index in [1.807, 2.05) is 24.3 Å². The zero-order valence-electron chi connectivity index (χ0n) is 15.2. The van der Waals surface area contributed by atoms with Crippen LogP contribution in [0, 0.1) is 0 Å². The largest absolute Gasteiger partial charge is 0.497 e. The fourth-order valence-electron chi connectivity index (χ4n) is 4.05. The molecule has 0 bridgehead atoms. The quantitative estimate of drug-likeness (QED) is 0.667. The number of fused-ring (bicyclic) bond motifs is 1. The summed E-state index contributed by atoms with van der Waals surface area (Å²) in [4.78, 5) is 28.3. The molecule has 0 saturated heterocycles. The van der Waals surface area contributed by atoms with E-state index in [0.29, 0.717) is 42.1 Å². The van der Waals surface area contributed by atoms with Gasteiger partial charge in [-0.2, -0.15) is 0 Å². The Bertz CT molecular complexity index is 1200. The summed E-state index contributed by atoms with van der Waals surface area (Å²) < 4.78 is 12.6. The standard InChI is InChI=1S/C21H17ClN2O4/c1-27-13-10-14-18(22)17(21(26)24-8-9-28-16(11-13)19(14)24)20(25)23-7-6-12-4-2-3-5-15(12)23/h2-5,10-11H,6-9H2,1H3. The molecule has 3 heterocycles. The smallest absolute Gasteiger partial charge is 0.265 e. The van der Waals surface area contributed by atoms with Crippen molar-refractivity contribution in [2.45, 2.75) is 13.0 Å². The van der Waals surface area contributed by atoms with Crippen LogP contribution in [0.3, 0.4) is 0 Å². The molecule has 5 rings (SSSR count). The van der Waals surface area contributed by atoms with Crippen molar-refractivity contribution < 1.29 is 14.3 Å². The number of aromatic nitrogens is 1. The zero-order chi connectivity index (χ0) is 19.4. The molecular weight excluding hydrogens is 380 g/mol. The Morgan fingerprint density at radius 3 is 2.86 bits per heavy atom. The van der Waals surface area contributed by atoms with Crippen LogP contribution in [0.5, 0.6) is 11.5 Å². The van der Waals surface area contributed by atoms with E-state index in [9.17, 15) is 9.59 Å². The number of halogens is 1. The second kappa shape index (κ2) is 6.27. The lowest BCUT2D eigenvalue weighted by Crippen LogP contribution is -2.38. The predicted octanol–water partition coefficient (Wildman–Crippen LogP) is 3.26. The molecule has 2 aliphatic heterocycles. The Hall–Kier alpha value is -2.99. The van der Waals surface area contributed by atoms with Gasteiger partial charge >= 0.3 is 0 Å². The number of nitrogens with zero attached hydrogens (tertiary/aromatic N) is 2. The first kappa shape index (κ1) is 17.1. The molecule has 0 atom stereocenters. The van der Waals surface area contributed by atoms with E-state index < -0.39 is 0 Å². The molecule has 7 heteroatoms. The summed E-state index contributed by atoms with van der Waals surface area (Å²) in [6, 6.07) is 11.2. The van der Waals surface area contributed by atoms with E-state index in [4.69, 9.17) is 21.1 Å². The highest BCUT2D eigenvalue weighted by Gasteiger charge is 2.32. The number of rotatable bonds is 2. The monoisotopic (exact) mass is 396 g/mol. The molecule has 0 radical (unpaired) electrons. The number of carbonyl (C=O) groups is 1. The number of carbonyl (C=O) groups excluding carboxylic acids is 1. The first-order valence-corrected chi connectivity index (χ1v) is 9.44. The topological polar surface area (TPSA) is 60.8 Å².